The van der Waals surface area contributed by atoms with Gasteiger partial charge >= 0.3 is 0 Å². The minimum atomic E-state index is 0.136. The Bertz CT molecular complexity index is 689. The van der Waals surface area contributed by atoms with Crippen LogP contribution in [-0.4, -0.2) is 30.2 Å². The van der Waals surface area contributed by atoms with Crippen molar-refractivity contribution in [3.8, 4) is 0 Å². The Labute approximate surface area is 173 Å². The first-order valence-corrected chi connectivity index (χ1v) is 11.4. The lowest BCUT2D eigenvalue weighted by molar-refractivity contribution is 0.220. The van der Waals surface area contributed by atoms with Gasteiger partial charge in [0.15, 0.2) is 0 Å². The second-order valence-corrected chi connectivity index (χ2v) is 10.0. The van der Waals surface area contributed by atoms with E-state index in [1.165, 1.54) is 80.3 Å². The lowest BCUT2D eigenvalue weighted by Gasteiger charge is -2.29. The molecule has 2 atom stereocenters. The fraction of sp³-hybridized carbons (Fsp3) is 0.654. The first kappa shape index (κ1) is 21.3. The quantitative estimate of drug-likeness (QED) is 0.525. The summed E-state index contributed by atoms with van der Waals surface area (Å²) in [6, 6.07) is 5.26. The van der Waals surface area contributed by atoms with Crippen LogP contribution in [0.2, 0.25) is 0 Å². The van der Waals surface area contributed by atoms with Gasteiger partial charge in [0, 0.05) is 18.3 Å². The summed E-state index contributed by atoms with van der Waals surface area (Å²) < 4.78 is 0. The van der Waals surface area contributed by atoms with Crippen molar-refractivity contribution in [2.24, 2.45) is 10.9 Å². The largest absolute Gasteiger partial charge is 0.299 e. The SMILES string of the molecule is C=Cc1c(C=NC2CCCCC2C)cc(C(C)(C)C)cc1CN1CCCCC1. The van der Waals surface area contributed by atoms with E-state index in [2.05, 4.69) is 63.6 Å². The van der Waals surface area contributed by atoms with Gasteiger partial charge in [0.2, 0.25) is 0 Å². The molecule has 154 valence electrons. The minimum Gasteiger partial charge on any atom is -0.299 e. The molecule has 0 N–H and O–H groups in total. The van der Waals surface area contributed by atoms with E-state index < -0.39 is 0 Å². The summed E-state index contributed by atoms with van der Waals surface area (Å²) in [4.78, 5) is 7.68. The zero-order valence-electron chi connectivity index (χ0n) is 18.6. The van der Waals surface area contributed by atoms with Crippen LogP contribution < -0.4 is 0 Å². The predicted octanol–water partition coefficient (Wildman–Crippen LogP) is 6.61. The van der Waals surface area contributed by atoms with Gasteiger partial charge in [-0.05, 0) is 72.9 Å². The van der Waals surface area contributed by atoms with E-state index in [1.54, 1.807) is 0 Å². The molecule has 2 aliphatic rings. The van der Waals surface area contributed by atoms with Gasteiger partial charge in [0.05, 0.1) is 6.04 Å². The molecule has 0 spiro atoms. The van der Waals surface area contributed by atoms with Gasteiger partial charge in [-0.15, -0.1) is 0 Å². The number of aliphatic imine (C=N–C) groups is 1. The molecule has 0 bridgehead atoms. The van der Waals surface area contributed by atoms with Crippen LogP contribution in [0, 0.1) is 5.92 Å². The fourth-order valence-corrected chi connectivity index (χ4v) is 4.71. The lowest BCUT2D eigenvalue weighted by Crippen LogP contribution is -2.29. The van der Waals surface area contributed by atoms with Gasteiger partial charge in [0.1, 0.15) is 0 Å². The number of piperidine rings is 1. The van der Waals surface area contributed by atoms with E-state index in [0.29, 0.717) is 12.0 Å². The van der Waals surface area contributed by atoms with Gasteiger partial charge in [-0.3, -0.25) is 9.89 Å². The number of hydrogen-bond acceptors (Lipinski definition) is 2. The van der Waals surface area contributed by atoms with Crippen LogP contribution in [0.15, 0.2) is 23.7 Å². The smallest absolute Gasteiger partial charge is 0.0525 e. The lowest BCUT2D eigenvalue weighted by atomic mass is 9.83. The Balaban J connectivity index is 1.94. The number of hydrogen-bond donors (Lipinski definition) is 0. The third-order valence-electron chi connectivity index (χ3n) is 6.68. The standard InChI is InChI=1S/C26H40N2/c1-6-24-21(18-27-25-13-9-8-12-20(25)2)16-23(26(3,4)5)17-22(24)19-28-14-10-7-11-15-28/h6,16-18,20,25H,1,7-15,19H2,2-5H3. The number of nitrogens with zero attached hydrogens (tertiary/aromatic N) is 2. The number of likely N-dealkylation sites (tertiary alicyclic amines) is 1. The molecular weight excluding hydrogens is 340 g/mol. The summed E-state index contributed by atoms with van der Waals surface area (Å²) in [5.74, 6) is 0.704. The van der Waals surface area contributed by atoms with Crippen molar-refractivity contribution in [1.82, 2.24) is 4.90 Å². The maximum Gasteiger partial charge on any atom is 0.0525 e. The molecule has 1 saturated heterocycles. The molecule has 2 heteroatoms. The Morgan fingerprint density at radius 3 is 2.43 bits per heavy atom. The summed E-state index contributed by atoms with van der Waals surface area (Å²) in [6.45, 7) is 16.9. The molecular formula is C26H40N2. The summed E-state index contributed by atoms with van der Waals surface area (Å²) in [6.07, 6.45) is 13.5. The van der Waals surface area contributed by atoms with Crippen molar-refractivity contribution < 1.29 is 0 Å². The van der Waals surface area contributed by atoms with E-state index in [4.69, 9.17) is 4.99 Å². The summed E-state index contributed by atoms with van der Waals surface area (Å²) in [7, 11) is 0. The first-order chi connectivity index (χ1) is 13.4. The van der Waals surface area contributed by atoms with Gasteiger partial charge < -0.3 is 0 Å². The molecule has 0 amide bonds. The van der Waals surface area contributed by atoms with Crippen LogP contribution in [0.3, 0.4) is 0 Å². The van der Waals surface area contributed by atoms with Crippen molar-refractivity contribution >= 4 is 12.3 Å². The monoisotopic (exact) mass is 380 g/mol. The average Bonchev–Trinajstić information content (AvgIpc) is 2.67. The third kappa shape index (κ3) is 5.35. The van der Waals surface area contributed by atoms with Crippen molar-refractivity contribution in [1.29, 1.82) is 0 Å². The Kier molecular flexibility index (Phi) is 7.15. The van der Waals surface area contributed by atoms with Gasteiger partial charge in [-0.25, -0.2) is 0 Å². The predicted molar refractivity (Wildman–Crippen MR) is 123 cm³/mol. The Morgan fingerprint density at radius 1 is 1.07 bits per heavy atom. The van der Waals surface area contributed by atoms with Crippen molar-refractivity contribution in [2.75, 3.05) is 13.1 Å². The van der Waals surface area contributed by atoms with Gasteiger partial charge in [-0.2, -0.15) is 0 Å². The topological polar surface area (TPSA) is 15.6 Å². The second-order valence-electron chi connectivity index (χ2n) is 10.0. The van der Waals surface area contributed by atoms with E-state index >= 15 is 0 Å². The van der Waals surface area contributed by atoms with Gasteiger partial charge in [0.25, 0.3) is 0 Å². The van der Waals surface area contributed by atoms with E-state index in [9.17, 15) is 0 Å². The van der Waals surface area contributed by atoms with E-state index in [0.717, 1.165) is 6.54 Å². The summed E-state index contributed by atoms with van der Waals surface area (Å²) in [5.41, 5.74) is 5.50. The molecule has 0 radical (unpaired) electrons. The maximum absolute atomic E-state index is 5.07. The highest BCUT2D eigenvalue weighted by Crippen LogP contribution is 2.30. The van der Waals surface area contributed by atoms with Crippen LogP contribution in [0.4, 0.5) is 0 Å². The van der Waals surface area contributed by atoms with Crippen molar-refractivity contribution in [3.63, 3.8) is 0 Å². The molecule has 1 aromatic carbocycles. The molecule has 1 heterocycles. The number of benzene rings is 1. The molecule has 1 aliphatic carbocycles. The van der Waals surface area contributed by atoms with Crippen LogP contribution in [0.1, 0.15) is 94.9 Å². The maximum atomic E-state index is 5.07. The molecule has 2 unspecified atom stereocenters. The molecule has 0 aromatic heterocycles. The zero-order valence-corrected chi connectivity index (χ0v) is 18.6. The molecule has 3 rings (SSSR count). The molecule has 1 aliphatic heterocycles. The molecule has 2 fully saturated rings. The zero-order chi connectivity index (χ0) is 20.1. The average molecular weight is 381 g/mol. The van der Waals surface area contributed by atoms with Crippen LogP contribution in [0.5, 0.6) is 0 Å². The van der Waals surface area contributed by atoms with Gasteiger partial charge in [-0.1, -0.05) is 65.7 Å². The highest BCUT2D eigenvalue weighted by Gasteiger charge is 2.22. The Morgan fingerprint density at radius 2 is 1.79 bits per heavy atom. The van der Waals surface area contributed by atoms with Crippen molar-refractivity contribution in [2.45, 2.75) is 90.6 Å². The summed E-state index contributed by atoms with van der Waals surface area (Å²) >= 11 is 0. The van der Waals surface area contributed by atoms with Crippen LogP contribution >= 0.6 is 0 Å². The molecule has 1 aromatic rings. The minimum absolute atomic E-state index is 0.136. The van der Waals surface area contributed by atoms with Crippen LogP contribution in [0.25, 0.3) is 6.08 Å². The highest BCUT2D eigenvalue weighted by atomic mass is 15.1. The Hall–Kier alpha value is -1.41. The first-order valence-electron chi connectivity index (χ1n) is 11.4. The molecule has 1 saturated carbocycles. The third-order valence-corrected chi connectivity index (χ3v) is 6.68. The molecule has 2 nitrogen and oxygen atoms in total. The van der Waals surface area contributed by atoms with E-state index in [1.807, 2.05) is 0 Å². The number of rotatable bonds is 5. The second kappa shape index (κ2) is 9.39. The fourth-order valence-electron chi connectivity index (χ4n) is 4.71. The summed E-state index contributed by atoms with van der Waals surface area (Å²) in [5, 5.41) is 0. The van der Waals surface area contributed by atoms with E-state index in [-0.39, 0.29) is 5.41 Å². The van der Waals surface area contributed by atoms with Crippen LogP contribution in [-0.2, 0) is 12.0 Å². The van der Waals surface area contributed by atoms with Crippen molar-refractivity contribution in [3.05, 3.63) is 41.0 Å². The highest BCUT2D eigenvalue weighted by molar-refractivity contribution is 5.87. The normalized spacial score (nSPS) is 24.6. The molecule has 28 heavy (non-hydrogen) atoms.